The van der Waals surface area contributed by atoms with Crippen LogP contribution in [0.5, 0.6) is 0 Å². The highest BCUT2D eigenvalue weighted by Gasteiger charge is 2.12. The lowest BCUT2D eigenvalue weighted by Crippen LogP contribution is -2.23. The Morgan fingerprint density at radius 1 is 1.39 bits per heavy atom. The fourth-order valence-electron chi connectivity index (χ4n) is 1.64. The van der Waals surface area contributed by atoms with Gasteiger partial charge in [-0.15, -0.1) is 0 Å². The first kappa shape index (κ1) is 13.1. The molecule has 0 unspecified atom stereocenters. The molecule has 1 aromatic carbocycles. The van der Waals surface area contributed by atoms with Crippen LogP contribution in [0.4, 0.5) is 4.39 Å². The van der Waals surface area contributed by atoms with E-state index in [0.29, 0.717) is 12.3 Å². The van der Waals surface area contributed by atoms with Crippen molar-refractivity contribution in [2.75, 3.05) is 6.61 Å². The van der Waals surface area contributed by atoms with E-state index in [1.807, 2.05) is 0 Å². The van der Waals surface area contributed by atoms with Gasteiger partial charge in [0.05, 0.1) is 23.9 Å². The van der Waals surface area contributed by atoms with Crippen molar-refractivity contribution in [2.45, 2.75) is 12.6 Å². The molecule has 1 heterocycles. The van der Waals surface area contributed by atoms with Gasteiger partial charge in [-0.3, -0.25) is 0 Å². The average Bonchev–Trinajstić information content (AvgIpc) is 2.88. The summed E-state index contributed by atoms with van der Waals surface area (Å²) in [6, 6.07) is 7.77. The van der Waals surface area contributed by atoms with Gasteiger partial charge < -0.3 is 14.8 Å². The summed E-state index contributed by atoms with van der Waals surface area (Å²) in [5, 5.41) is 12.5. The summed E-state index contributed by atoms with van der Waals surface area (Å²) in [5.41, 5.74) is 0.839. The third-order valence-corrected chi connectivity index (χ3v) is 2.90. The van der Waals surface area contributed by atoms with Gasteiger partial charge in [0.2, 0.25) is 0 Å². The van der Waals surface area contributed by atoms with Crippen LogP contribution in [-0.4, -0.2) is 11.7 Å². The maximum absolute atomic E-state index is 13.0. The number of aliphatic hydroxyl groups is 1. The Morgan fingerprint density at radius 3 is 2.83 bits per heavy atom. The molecule has 0 spiro atoms. The van der Waals surface area contributed by atoms with E-state index in [2.05, 4.69) is 5.32 Å². The second kappa shape index (κ2) is 6.00. The average molecular weight is 270 g/mol. The molecule has 2 aromatic rings. The lowest BCUT2D eigenvalue weighted by Gasteiger charge is -2.14. The van der Waals surface area contributed by atoms with Crippen LogP contribution in [0.1, 0.15) is 17.4 Å². The quantitative estimate of drug-likeness (QED) is 0.877. The number of hydrogen-bond acceptors (Lipinski definition) is 3. The zero-order valence-corrected chi connectivity index (χ0v) is 10.3. The molecule has 0 bridgehead atoms. The molecule has 18 heavy (non-hydrogen) atoms. The minimum atomic E-state index is -0.440. The van der Waals surface area contributed by atoms with Crippen molar-refractivity contribution in [2.24, 2.45) is 0 Å². The van der Waals surface area contributed by atoms with Crippen molar-refractivity contribution in [3.63, 3.8) is 0 Å². The monoisotopic (exact) mass is 269 g/mol. The molecule has 0 saturated carbocycles. The van der Waals surface area contributed by atoms with Crippen molar-refractivity contribution in [3.05, 3.63) is 58.8 Å². The first-order valence-corrected chi connectivity index (χ1v) is 5.90. The van der Waals surface area contributed by atoms with Crippen LogP contribution in [-0.2, 0) is 6.54 Å². The summed E-state index contributed by atoms with van der Waals surface area (Å²) < 4.78 is 18.2. The molecule has 3 nitrogen and oxygen atoms in total. The fourth-order valence-corrected chi connectivity index (χ4v) is 1.84. The smallest absolute Gasteiger partial charge is 0.141 e. The van der Waals surface area contributed by atoms with E-state index in [1.54, 1.807) is 30.5 Å². The highest BCUT2D eigenvalue weighted by atomic mass is 35.5. The Kier molecular flexibility index (Phi) is 4.36. The summed E-state index contributed by atoms with van der Waals surface area (Å²) in [6.45, 7) is 0.383. The molecule has 0 aliphatic carbocycles. The van der Waals surface area contributed by atoms with Crippen LogP contribution >= 0.6 is 11.6 Å². The van der Waals surface area contributed by atoms with E-state index in [1.165, 1.54) is 6.07 Å². The predicted molar refractivity (Wildman–Crippen MR) is 66.8 cm³/mol. The van der Waals surface area contributed by atoms with Gasteiger partial charge in [-0.05, 0) is 29.8 Å². The number of furan rings is 1. The van der Waals surface area contributed by atoms with Crippen molar-refractivity contribution < 1.29 is 13.9 Å². The van der Waals surface area contributed by atoms with Gasteiger partial charge in [-0.25, -0.2) is 4.39 Å². The van der Waals surface area contributed by atoms with Gasteiger partial charge in [0, 0.05) is 6.54 Å². The minimum Gasteiger partial charge on any atom is -0.468 e. The lowest BCUT2D eigenvalue weighted by molar-refractivity contribution is 0.225. The fraction of sp³-hybridized carbons (Fsp3) is 0.231. The maximum Gasteiger partial charge on any atom is 0.141 e. The molecular weight excluding hydrogens is 257 g/mol. The third-order valence-electron chi connectivity index (χ3n) is 2.61. The molecule has 96 valence electrons. The van der Waals surface area contributed by atoms with E-state index in [-0.39, 0.29) is 17.7 Å². The Hall–Kier alpha value is -1.36. The summed E-state index contributed by atoms with van der Waals surface area (Å²) in [5.74, 6) is 0.218. The first-order valence-electron chi connectivity index (χ1n) is 5.52. The Morgan fingerprint density at radius 2 is 2.22 bits per heavy atom. The van der Waals surface area contributed by atoms with Crippen molar-refractivity contribution in [1.82, 2.24) is 5.32 Å². The molecule has 0 radical (unpaired) electrons. The van der Waals surface area contributed by atoms with E-state index in [0.717, 1.165) is 5.56 Å². The number of aliphatic hydroxyl groups excluding tert-OH is 1. The Labute approximate surface area is 109 Å². The van der Waals surface area contributed by atoms with Gasteiger partial charge >= 0.3 is 0 Å². The number of benzene rings is 1. The molecule has 2 rings (SSSR count). The summed E-state index contributed by atoms with van der Waals surface area (Å²) in [7, 11) is 0. The second-order valence-corrected chi connectivity index (χ2v) is 4.29. The van der Waals surface area contributed by atoms with Crippen LogP contribution in [0, 0.1) is 5.82 Å². The topological polar surface area (TPSA) is 45.4 Å². The second-order valence-electron chi connectivity index (χ2n) is 3.88. The molecule has 2 N–H and O–H groups in total. The SMILES string of the molecule is OC[C@H](NCc1ccc(F)c(Cl)c1)c1ccco1. The molecule has 1 aromatic heterocycles. The number of halogens is 2. The van der Waals surface area contributed by atoms with Gasteiger partial charge in [-0.2, -0.15) is 0 Å². The van der Waals surface area contributed by atoms with Crippen LogP contribution in [0.2, 0.25) is 5.02 Å². The molecule has 0 saturated heterocycles. The standard InChI is InChI=1S/C13H13ClFNO2/c14-10-6-9(3-4-11(10)15)7-16-12(8-17)13-2-1-5-18-13/h1-6,12,16-17H,7-8H2/t12-/m0/s1. The van der Waals surface area contributed by atoms with Crippen LogP contribution < -0.4 is 5.32 Å². The molecular formula is C13H13ClFNO2. The van der Waals surface area contributed by atoms with Crippen LogP contribution in [0.25, 0.3) is 0 Å². The normalized spacial score (nSPS) is 12.6. The van der Waals surface area contributed by atoms with Gasteiger partial charge in [0.1, 0.15) is 11.6 Å². The zero-order valence-electron chi connectivity index (χ0n) is 9.57. The largest absolute Gasteiger partial charge is 0.468 e. The van der Waals surface area contributed by atoms with E-state index in [4.69, 9.17) is 16.0 Å². The lowest BCUT2D eigenvalue weighted by atomic mass is 10.2. The highest BCUT2D eigenvalue weighted by Crippen LogP contribution is 2.17. The molecule has 0 aliphatic heterocycles. The van der Waals surface area contributed by atoms with E-state index >= 15 is 0 Å². The van der Waals surface area contributed by atoms with E-state index in [9.17, 15) is 9.50 Å². The van der Waals surface area contributed by atoms with Crippen molar-refractivity contribution in [1.29, 1.82) is 0 Å². The van der Waals surface area contributed by atoms with Gasteiger partial charge in [0.15, 0.2) is 0 Å². The first-order chi connectivity index (χ1) is 8.70. The molecule has 1 atom stereocenters. The Balaban J connectivity index is 1.99. The summed E-state index contributed by atoms with van der Waals surface area (Å²) >= 11 is 5.69. The maximum atomic E-state index is 13.0. The molecule has 0 fully saturated rings. The van der Waals surface area contributed by atoms with Crippen LogP contribution in [0.3, 0.4) is 0 Å². The molecule has 5 heteroatoms. The summed E-state index contributed by atoms with van der Waals surface area (Å²) in [4.78, 5) is 0. The number of nitrogens with one attached hydrogen (secondary N) is 1. The van der Waals surface area contributed by atoms with Gasteiger partial charge in [-0.1, -0.05) is 17.7 Å². The third kappa shape index (κ3) is 3.10. The molecule has 0 aliphatic rings. The number of hydrogen-bond donors (Lipinski definition) is 2. The number of rotatable bonds is 5. The van der Waals surface area contributed by atoms with Crippen molar-refractivity contribution >= 4 is 11.6 Å². The predicted octanol–water partition coefficient (Wildman–Crippen LogP) is 2.90. The van der Waals surface area contributed by atoms with Crippen molar-refractivity contribution in [3.8, 4) is 0 Å². The summed E-state index contributed by atoms with van der Waals surface area (Å²) in [6.07, 6.45) is 1.55. The highest BCUT2D eigenvalue weighted by molar-refractivity contribution is 6.30. The van der Waals surface area contributed by atoms with Crippen LogP contribution in [0.15, 0.2) is 41.0 Å². The molecule has 0 amide bonds. The minimum absolute atomic E-state index is 0.0809. The van der Waals surface area contributed by atoms with Gasteiger partial charge in [0.25, 0.3) is 0 Å². The van der Waals surface area contributed by atoms with E-state index < -0.39 is 5.82 Å². The zero-order chi connectivity index (χ0) is 13.0. The Bertz CT molecular complexity index is 502.